The second-order valence-corrected chi connectivity index (χ2v) is 6.75. The Hall–Kier alpha value is -0.0800. The van der Waals surface area contributed by atoms with Gasteiger partial charge in [-0.15, -0.1) is 0 Å². The van der Waals surface area contributed by atoms with E-state index in [9.17, 15) is 0 Å². The van der Waals surface area contributed by atoms with Crippen molar-refractivity contribution < 1.29 is 0 Å². The molecule has 0 aromatic heterocycles. The third-order valence-electron chi connectivity index (χ3n) is 4.44. The number of nitrogens with one attached hydrogen (secondary N) is 1. The number of likely N-dealkylation sites (N-methyl/N-ethyl adjacent to an activating group) is 1. The Balaban J connectivity index is 2.52. The van der Waals surface area contributed by atoms with Gasteiger partial charge in [-0.2, -0.15) is 0 Å². The first-order chi connectivity index (χ1) is 8.54. The van der Waals surface area contributed by atoms with Crippen molar-refractivity contribution in [1.82, 2.24) is 10.2 Å². The van der Waals surface area contributed by atoms with Gasteiger partial charge in [-0.3, -0.25) is 4.90 Å². The van der Waals surface area contributed by atoms with Gasteiger partial charge in [0.1, 0.15) is 0 Å². The lowest BCUT2D eigenvalue weighted by Crippen LogP contribution is -2.46. The van der Waals surface area contributed by atoms with Crippen molar-refractivity contribution in [3.05, 3.63) is 0 Å². The smallest absolute Gasteiger partial charge is 0.0215 e. The molecule has 0 aromatic carbocycles. The first-order valence-corrected chi connectivity index (χ1v) is 7.96. The van der Waals surface area contributed by atoms with Crippen LogP contribution in [0.25, 0.3) is 0 Å². The quantitative estimate of drug-likeness (QED) is 0.713. The Kier molecular flexibility index (Phi) is 7.25. The van der Waals surface area contributed by atoms with Crippen LogP contribution in [0.15, 0.2) is 0 Å². The van der Waals surface area contributed by atoms with Gasteiger partial charge in [0.15, 0.2) is 0 Å². The van der Waals surface area contributed by atoms with Crippen molar-refractivity contribution in [2.24, 2.45) is 11.8 Å². The van der Waals surface area contributed by atoms with Gasteiger partial charge in [0.05, 0.1) is 0 Å². The molecule has 0 saturated heterocycles. The maximum absolute atomic E-state index is 3.50. The molecule has 0 bridgehead atoms. The summed E-state index contributed by atoms with van der Waals surface area (Å²) < 4.78 is 0. The molecule has 1 atom stereocenters. The second kappa shape index (κ2) is 8.16. The zero-order chi connectivity index (χ0) is 13.5. The number of nitrogens with zero attached hydrogens (tertiary/aromatic N) is 1. The fraction of sp³-hybridized carbons (Fsp3) is 1.00. The number of hydrogen-bond acceptors (Lipinski definition) is 2. The monoisotopic (exact) mass is 254 g/mol. The van der Waals surface area contributed by atoms with Crippen LogP contribution in [0, 0.1) is 11.8 Å². The van der Waals surface area contributed by atoms with Crippen molar-refractivity contribution in [3.8, 4) is 0 Å². The Labute approximate surface area is 115 Å². The molecule has 108 valence electrons. The van der Waals surface area contributed by atoms with E-state index in [0.29, 0.717) is 6.04 Å². The van der Waals surface area contributed by atoms with E-state index in [2.05, 4.69) is 45.0 Å². The van der Waals surface area contributed by atoms with E-state index in [1.165, 1.54) is 45.2 Å². The zero-order valence-electron chi connectivity index (χ0n) is 13.2. The van der Waals surface area contributed by atoms with Gasteiger partial charge < -0.3 is 5.32 Å². The summed E-state index contributed by atoms with van der Waals surface area (Å²) in [6.45, 7) is 11.8. The molecule has 0 amide bonds. The van der Waals surface area contributed by atoms with Crippen molar-refractivity contribution in [2.75, 3.05) is 20.1 Å². The maximum Gasteiger partial charge on any atom is 0.0215 e. The minimum Gasteiger partial charge on any atom is -0.315 e. The molecule has 1 aliphatic carbocycles. The first-order valence-electron chi connectivity index (χ1n) is 7.96. The van der Waals surface area contributed by atoms with Crippen LogP contribution >= 0.6 is 0 Å². The van der Waals surface area contributed by atoms with E-state index >= 15 is 0 Å². The molecule has 0 aliphatic heterocycles. The lowest BCUT2D eigenvalue weighted by molar-refractivity contribution is 0.157. The minimum atomic E-state index is 0.637. The summed E-state index contributed by atoms with van der Waals surface area (Å²) in [5.74, 6) is 1.54. The molecule has 1 aliphatic rings. The molecule has 0 radical (unpaired) electrons. The lowest BCUT2D eigenvalue weighted by atomic mass is 10.0. The second-order valence-electron chi connectivity index (χ2n) is 6.75. The number of rotatable bonds is 8. The summed E-state index contributed by atoms with van der Waals surface area (Å²) >= 11 is 0. The van der Waals surface area contributed by atoms with Crippen molar-refractivity contribution >= 4 is 0 Å². The van der Waals surface area contributed by atoms with E-state index in [0.717, 1.165) is 17.9 Å². The van der Waals surface area contributed by atoms with Crippen molar-refractivity contribution in [3.63, 3.8) is 0 Å². The van der Waals surface area contributed by atoms with Crippen LogP contribution in [0.4, 0.5) is 0 Å². The molecule has 2 nitrogen and oxygen atoms in total. The van der Waals surface area contributed by atoms with E-state index in [-0.39, 0.29) is 0 Å². The van der Waals surface area contributed by atoms with Gasteiger partial charge in [-0.05, 0) is 44.7 Å². The Morgan fingerprint density at radius 1 is 1.11 bits per heavy atom. The third-order valence-corrected chi connectivity index (χ3v) is 4.44. The van der Waals surface area contributed by atoms with Crippen molar-refractivity contribution in [2.45, 2.75) is 71.9 Å². The summed E-state index contributed by atoms with van der Waals surface area (Å²) in [6, 6.07) is 1.50. The standard InChI is InChI=1S/C16H34N2/c1-13(2)10-11-18(15-8-6-7-9-15)12-16(17-5)14(3)4/h13-17H,6-12H2,1-5H3. The Morgan fingerprint density at radius 2 is 1.72 bits per heavy atom. The zero-order valence-corrected chi connectivity index (χ0v) is 13.2. The highest BCUT2D eigenvalue weighted by Crippen LogP contribution is 2.24. The number of hydrogen-bond donors (Lipinski definition) is 1. The van der Waals surface area contributed by atoms with Gasteiger partial charge in [0, 0.05) is 18.6 Å². The van der Waals surface area contributed by atoms with Gasteiger partial charge in [0.25, 0.3) is 0 Å². The summed E-state index contributed by atoms with van der Waals surface area (Å²) in [5, 5.41) is 3.50. The van der Waals surface area contributed by atoms with E-state index in [1.807, 2.05) is 0 Å². The first kappa shape index (κ1) is 16.0. The molecule has 1 rings (SSSR count). The maximum atomic E-state index is 3.50. The molecule has 1 saturated carbocycles. The molecular formula is C16H34N2. The highest BCUT2D eigenvalue weighted by Gasteiger charge is 2.25. The molecule has 1 unspecified atom stereocenters. The average molecular weight is 254 g/mol. The van der Waals surface area contributed by atoms with Crippen LogP contribution in [0.5, 0.6) is 0 Å². The van der Waals surface area contributed by atoms with E-state index in [4.69, 9.17) is 0 Å². The summed E-state index contributed by atoms with van der Waals surface area (Å²) in [6.07, 6.45) is 7.06. The summed E-state index contributed by atoms with van der Waals surface area (Å²) in [7, 11) is 2.11. The third kappa shape index (κ3) is 5.27. The Morgan fingerprint density at radius 3 is 2.17 bits per heavy atom. The van der Waals surface area contributed by atoms with Gasteiger partial charge in [0.2, 0.25) is 0 Å². The predicted octanol–water partition coefficient (Wildman–Crippen LogP) is 3.52. The normalized spacial score (nSPS) is 19.3. The SMILES string of the molecule is CNC(CN(CCC(C)C)C1CCCC1)C(C)C. The van der Waals surface area contributed by atoms with E-state index in [1.54, 1.807) is 0 Å². The summed E-state index contributed by atoms with van der Waals surface area (Å²) in [4.78, 5) is 2.77. The molecule has 18 heavy (non-hydrogen) atoms. The average Bonchev–Trinajstić information content (AvgIpc) is 2.82. The molecule has 0 spiro atoms. The molecule has 0 heterocycles. The molecule has 0 aromatic rings. The lowest BCUT2D eigenvalue weighted by Gasteiger charge is -2.34. The topological polar surface area (TPSA) is 15.3 Å². The van der Waals surface area contributed by atoms with E-state index < -0.39 is 0 Å². The van der Waals surface area contributed by atoms with Crippen LogP contribution in [0.3, 0.4) is 0 Å². The fourth-order valence-corrected chi connectivity index (χ4v) is 3.00. The van der Waals surface area contributed by atoms with Gasteiger partial charge in [-0.25, -0.2) is 0 Å². The van der Waals surface area contributed by atoms with Crippen LogP contribution in [-0.4, -0.2) is 37.1 Å². The van der Waals surface area contributed by atoms with Crippen LogP contribution in [0.2, 0.25) is 0 Å². The molecule has 2 heteroatoms. The Bertz CT molecular complexity index is 207. The highest BCUT2D eigenvalue weighted by molar-refractivity contribution is 4.82. The molecular weight excluding hydrogens is 220 g/mol. The molecule has 1 N–H and O–H groups in total. The minimum absolute atomic E-state index is 0.637. The van der Waals surface area contributed by atoms with Crippen LogP contribution in [-0.2, 0) is 0 Å². The summed E-state index contributed by atoms with van der Waals surface area (Å²) in [5.41, 5.74) is 0. The predicted molar refractivity (Wildman–Crippen MR) is 81.0 cm³/mol. The highest BCUT2D eigenvalue weighted by atomic mass is 15.2. The largest absolute Gasteiger partial charge is 0.315 e. The fourth-order valence-electron chi connectivity index (χ4n) is 3.00. The van der Waals surface area contributed by atoms with Gasteiger partial charge >= 0.3 is 0 Å². The molecule has 1 fully saturated rings. The van der Waals surface area contributed by atoms with Crippen LogP contribution in [0.1, 0.15) is 59.8 Å². The van der Waals surface area contributed by atoms with Gasteiger partial charge in [-0.1, -0.05) is 40.5 Å². The van der Waals surface area contributed by atoms with Crippen molar-refractivity contribution in [1.29, 1.82) is 0 Å². The van der Waals surface area contributed by atoms with Crippen LogP contribution < -0.4 is 5.32 Å².